The number of aryl methyl sites for hydroxylation is 1. The second-order valence-corrected chi connectivity index (χ2v) is 6.31. The number of hydrogen-bond donors (Lipinski definition) is 1. The second-order valence-electron chi connectivity index (χ2n) is 5.10. The molecule has 0 radical (unpaired) electrons. The van der Waals surface area contributed by atoms with Crippen LogP contribution in [0.25, 0.3) is 0 Å². The molecule has 6 heteroatoms. The molecule has 0 spiro atoms. The summed E-state index contributed by atoms with van der Waals surface area (Å²) >= 11 is 1.82. The van der Waals surface area contributed by atoms with Crippen LogP contribution in [-0.2, 0) is 7.05 Å². The maximum absolute atomic E-state index is 4.09. The van der Waals surface area contributed by atoms with Crippen LogP contribution in [0.5, 0.6) is 0 Å². The van der Waals surface area contributed by atoms with E-state index >= 15 is 0 Å². The highest BCUT2D eigenvalue weighted by molar-refractivity contribution is 7.99. The fourth-order valence-electron chi connectivity index (χ4n) is 2.80. The van der Waals surface area contributed by atoms with E-state index in [0.29, 0.717) is 11.3 Å². The molecule has 102 valence electrons. The molecule has 1 heterocycles. The first-order valence-corrected chi connectivity index (χ1v) is 7.68. The highest BCUT2D eigenvalue weighted by atomic mass is 32.2. The van der Waals surface area contributed by atoms with Crippen molar-refractivity contribution in [2.75, 3.05) is 7.05 Å². The van der Waals surface area contributed by atoms with E-state index in [1.165, 1.54) is 32.1 Å². The molecule has 1 aliphatic rings. The zero-order valence-electron chi connectivity index (χ0n) is 11.5. The minimum absolute atomic E-state index is 0.583. The van der Waals surface area contributed by atoms with Gasteiger partial charge in [0.25, 0.3) is 0 Å². The summed E-state index contributed by atoms with van der Waals surface area (Å²) in [5.74, 6) is 0.873. The minimum atomic E-state index is 0.583. The Balaban J connectivity index is 2.00. The summed E-state index contributed by atoms with van der Waals surface area (Å²) in [6.07, 6.45) is 6.54. The Morgan fingerprint density at radius 1 is 1.44 bits per heavy atom. The number of nitrogens with one attached hydrogen (secondary N) is 1. The van der Waals surface area contributed by atoms with Crippen molar-refractivity contribution in [1.82, 2.24) is 25.5 Å². The topological polar surface area (TPSA) is 55.6 Å². The minimum Gasteiger partial charge on any atom is -0.316 e. The second kappa shape index (κ2) is 6.52. The molecule has 0 bridgehead atoms. The van der Waals surface area contributed by atoms with Crippen LogP contribution >= 0.6 is 11.8 Å². The molecule has 3 atom stereocenters. The SMILES string of the molecule is CCCC1CCC(NC)C(Sc2nnnn2C)C1. The quantitative estimate of drug-likeness (QED) is 0.884. The first-order chi connectivity index (χ1) is 8.74. The van der Waals surface area contributed by atoms with Crippen molar-refractivity contribution >= 4 is 11.8 Å². The zero-order valence-corrected chi connectivity index (χ0v) is 12.3. The van der Waals surface area contributed by atoms with Crippen LogP contribution in [0.15, 0.2) is 5.16 Å². The van der Waals surface area contributed by atoms with E-state index in [2.05, 4.69) is 34.8 Å². The van der Waals surface area contributed by atoms with Crippen LogP contribution in [0.3, 0.4) is 0 Å². The Morgan fingerprint density at radius 3 is 2.89 bits per heavy atom. The Morgan fingerprint density at radius 2 is 2.28 bits per heavy atom. The molecule has 3 unspecified atom stereocenters. The molecule has 1 N–H and O–H groups in total. The Bertz CT molecular complexity index is 367. The predicted molar refractivity (Wildman–Crippen MR) is 73.5 cm³/mol. The van der Waals surface area contributed by atoms with Gasteiger partial charge in [0.1, 0.15) is 0 Å². The summed E-state index contributed by atoms with van der Waals surface area (Å²) in [4.78, 5) is 0. The fourth-order valence-corrected chi connectivity index (χ4v) is 4.15. The Labute approximate surface area is 113 Å². The number of nitrogens with zero attached hydrogens (tertiary/aromatic N) is 4. The summed E-state index contributed by atoms with van der Waals surface area (Å²) in [5, 5.41) is 16.7. The number of hydrogen-bond acceptors (Lipinski definition) is 5. The van der Waals surface area contributed by atoms with E-state index < -0.39 is 0 Å². The maximum Gasteiger partial charge on any atom is 0.209 e. The number of aromatic nitrogens is 4. The van der Waals surface area contributed by atoms with Crippen LogP contribution in [0.2, 0.25) is 0 Å². The van der Waals surface area contributed by atoms with E-state index in [-0.39, 0.29) is 0 Å². The van der Waals surface area contributed by atoms with Crippen molar-refractivity contribution in [2.24, 2.45) is 13.0 Å². The largest absolute Gasteiger partial charge is 0.316 e. The van der Waals surface area contributed by atoms with Gasteiger partial charge in [0.2, 0.25) is 5.16 Å². The van der Waals surface area contributed by atoms with Crippen LogP contribution in [-0.4, -0.2) is 38.5 Å². The highest BCUT2D eigenvalue weighted by Gasteiger charge is 2.31. The van der Waals surface area contributed by atoms with Gasteiger partial charge in [-0.3, -0.25) is 0 Å². The van der Waals surface area contributed by atoms with E-state index in [4.69, 9.17) is 0 Å². The third-order valence-electron chi connectivity index (χ3n) is 3.81. The van der Waals surface area contributed by atoms with E-state index in [1.54, 1.807) is 4.68 Å². The molecule has 1 fully saturated rings. The molecule has 1 saturated carbocycles. The number of thioether (sulfide) groups is 1. The van der Waals surface area contributed by atoms with Crippen molar-refractivity contribution < 1.29 is 0 Å². The van der Waals surface area contributed by atoms with Crippen molar-refractivity contribution in [2.45, 2.75) is 55.5 Å². The molecule has 18 heavy (non-hydrogen) atoms. The number of rotatable bonds is 5. The van der Waals surface area contributed by atoms with Gasteiger partial charge >= 0.3 is 0 Å². The van der Waals surface area contributed by atoms with Gasteiger partial charge in [-0.1, -0.05) is 31.5 Å². The number of tetrazole rings is 1. The molecule has 0 saturated heterocycles. The van der Waals surface area contributed by atoms with E-state index in [0.717, 1.165) is 11.1 Å². The lowest BCUT2D eigenvalue weighted by Crippen LogP contribution is -2.40. The van der Waals surface area contributed by atoms with Crippen molar-refractivity contribution in [3.63, 3.8) is 0 Å². The third kappa shape index (κ3) is 3.23. The van der Waals surface area contributed by atoms with Crippen molar-refractivity contribution in [3.05, 3.63) is 0 Å². The molecular formula is C12H23N5S. The lowest BCUT2D eigenvalue weighted by molar-refractivity contribution is 0.295. The van der Waals surface area contributed by atoms with Gasteiger partial charge in [-0.15, -0.1) is 5.10 Å². The van der Waals surface area contributed by atoms with Crippen LogP contribution in [0.4, 0.5) is 0 Å². The smallest absolute Gasteiger partial charge is 0.209 e. The lowest BCUT2D eigenvalue weighted by Gasteiger charge is -2.35. The van der Waals surface area contributed by atoms with Crippen LogP contribution in [0, 0.1) is 5.92 Å². The van der Waals surface area contributed by atoms with Gasteiger partial charge in [-0.05, 0) is 42.7 Å². The summed E-state index contributed by atoms with van der Waals surface area (Å²) < 4.78 is 1.76. The average molecular weight is 269 g/mol. The summed E-state index contributed by atoms with van der Waals surface area (Å²) in [6.45, 7) is 2.28. The summed E-state index contributed by atoms with van der Waals surface area (Å²) in [7, 11) is 3.97. The van der Waals surface area contributed by atoms with Gasteiger partial charge < -0.3 is 5.32 Å². The van der Waals surface area contributed by atoms with E-state index in [9.17, 15) is 0 Å². The predicted octanol–water partition coefficient (Wildman–Crippen LogP) is 1.86. The Kier molecular flexibility index (Phi) is 5.00. The molecule has 1 aromatic heterocycles. The third-order valence-corrected chi connectivity index (χ3v) is 5.19. The van der Waals surface area contributed by atoms with Gasteiger partial charge in [0, 0.05) is 18.3 Å². The normalized spacial score (nSPS) is 28.5. The molecule has 0 amide bonds. The summed E-state index contributed by atoms with van der Waals surface area (Å²) in [6, 6.07) is 0.583. The van der Waals surface area contributed by atoms with E-state index in [1.807, 2.05) is 18.8 Å². The van der Waals surface area contributed by atoms with Gasteiger partial charge in [-0.2, -0.15) is 0 Å². The molecule has 0 aliphatic heterocycles. The lowest BCUT2D eigenvalue weighted by atomic mass is 9.83. The van der Waals surface area contributed by atoms with Crippen LogP contribution < -0.4 is 5.32 Å². The first kappa shape index (κ1) is 13.8. The molecule has 0 aromatic carbocycles. The zero-order chi connectivity index (χ0) is 13.0. The van der Waals surface area contributed by atoms with Crippen LogP contribution in [0.1, 0.15) is 39.0 Å². The average Bonchev–Trinajstić information content (AvgIpc) is 2.76. The maximum atomic E-state index is 4.09. The molecule has 1 aliphatic carbocycles. The van der Waals surface area contributed by atoms with Gasteiger partial charge in [0.05, 0.1) is 0 Å². The molecular weight excluding hydrogens is 246 g/mol. The van der Waals surface area contributed by atoms with Crippen molar-refractivity contribution in [1.29, 1.82) is 0 Å². The van der Waals surface area contributed by atoms with Gasteiger partial charge in [-0.25, -0.2) is 4.68 Å². The summed E-state index contributed by atoms with van der Waals surface area (Å²) in [5.41, 5.74) is 0. The molecule has 5 nitrogen and oxygen atoms in total. The first-order valence-electron chi connectivity index (χ1n) is 6.80. The highest BCUT2D eigenvalue weighted by Crippen LogP contribution is 2.37. The van der Waals surface area contributed by atoms with Gasteiger partial charge in [0.15, 0.2) is 0 Å². The Hall–Kier alpha value is -0.620. The molecule has 2 rings (SSSR count). The standard InChI is InChI=1S/C12H23N5S/c1-4-5-9-6-7-10(13-2)11(8-9)18-12-14-15-16-17(12)3/h9-11,13H,4-8H2,1-3H3. The van der Waals surface area contributed by atoms with Crippen molar-refractivity contribution in [3.8, 4) is 0 Å². The monoisotopic (exact) mass is 269 g/mol. The fraction of sp³-hybridized carbons (Fsp3) is 0.917. The molecule has 1 aromatic rings.